The largest absolute Gasteiger partial charge is 0.287 e. The molecule has 0 radical (unpaired) electrons. The van der Waals surface area contributed by atoms with Gasteiger partial charge < -0.3 is 0 Å². The molecule has 2 aliphatic heterocycles. The Morgan fingerprint density at radius 1 is 1.50 bits per heavy atom. The highest BCUT2D eigenvalue weighted by Crippen LogP contribution is 2.23. The summed E-state index contributed by atoms with van der Waals surface area (Å²) in [4.78, 5) is 9.02. The van der Waals surface area contributed by atoms with E-state index in [0.29, 0.717) is 18.0 Å². The standard InChI is InChI=1S/C10H14N2/c1-7(2)9-6-10-8(12-9)4-3-5-11-10/h3-5,7-8,10H,6H2,1-2H3. The Balaban J connectivity index is 2.16. The monoisotopic (exact) mass is 162 g/mol. The lowest BCUT2D eigenvalue weighted by atomic mass is 10.0. The number of allylic oxidation sites excluding steroid dienone is 1. The highest BCUT2D eigenvalue weighted by molar-refractivity contribution is 5.90. The second-order valence-corrected chi connectivity index (χ2v) is 3.72. The smallest absolute Gasteiger partial charge is 0.0910 e. The van der Waals surface area contributed by atoms with Crippen molar-refractivity contribution >= 4 is 11.9 Å². The fourth-order valence-corrected chi connectivity index (χ4v) is 1.69. The molecule has 0 fully saturated rings. The van der Waals surface area contributed by atoms with Gasteiger partial charge in [-0.05, 0) is 12.0 Å². The molecule has 12 heavy (non-hydrogen) atoms. The van der Waals surface area contributed by atoms with Crippen LogP contribution in [0.4, 0.5) is 0 Å². The van der Waals surface area contributed by atoms with Crippen molar-refractivity contribution in [3.63, 3.8) is 0 Å². The van der Waals surface area contributed by atoms with E-state index < -0.39 is 0 Å². The van der Waals surface area contributed by atoms with E-state index in [2.05, 4.69) is 29.9 Å². The Morgan fingerprint density at radius 3 is 3.00 bits per heavy atom. The van der Waals surface area contributed by atoms with Crippen LogP contribution in [-0.2, 0) is 0 Å². The lowest BCUT2D eigenvalue weighted by Gasteiger charge is -2.11. The fourth-order valence-electron chi connectivity index (χ4n) is 1.69. The summed E-state index contributed by atoms with van der Waals surface area (Å²) in [5, 5.41) is 0. The molecule has 0 aromatic carbocycles. The number of rotatable bonds is 1. The van der Waals surface area contributed by atoms with Crippen molar-refractivity contribution in [3.05, 3.63) is 12.2 Å². The van der Waals surface area contributed by atoms with Crippen LogP contribution in [0.2, 0.25) is 0 Å². The first-order chi connectivity index (χ1) is 5.77. The average Bonchev–Trinajstić information content (AvgIpc) is 2.46. The van der Waals surface area contributed by atoms with Gasteiger partial charge in [0.25, 0.3) is 0 Å². The molecule has 0 saturated carbocycles. The Morgan fingerprint density at radius 2 is 2.33 bits per heavy atom. The quantitative estimate of drug-likeness (QED) is 0.562. The van der Waals surface area contributed by atoms with Crippen LogP contribution in [0, 0.1) is 5.92 Å². The Labute approximate surface area is 73.1 Å². The van der Waals surface area contributed by atoms with Crippen molar-refractivity contribution in [1.29, 1.82) is 0 Å². The SMILES string of the molecule is CC(C)C1=NC2C=CC=NC2C1. The van der Waals surface area contributed by atoms with Crippen molar-refractivity contribution in [2.45, 2.75) is 32.4 Å². The summed E-state index contributed by atoms with van der Waals surface area (Å²) in [6.07, 6.45) is 7.09. The van der Waals surface area contributed by atoms with Crippen molar-refractivity contribution in [3.8, 4) is 0 Å². The zero-order chi connectivity index (χ0) is 8.55. The summed E-state index contributed by atoms with van der Waals surface area (Å²) in [6, 6.07) is 0.750. The van der Waals surface area contributed by atoms with Crippen molar-refractivity contribution < 1.29 is 0 Å². The van der Waals surface area contributed by atoms with Gasteiger partial charge in [0.05, 0.1) is 12.1 Å². The maximum atomic E-state index is 4.63. The first-order valence-electron chi connectivity index (χ1n) is 4.54. The van der Waals surface area contributed by atoms with Crippen molar-refractivity contribution in [2.24, 2.45) is 15.9 Å². The second kappa shape index (κ2) is 2.85. The molecule has 0 aromatic rings. The Bertz CT molecular complexity index is 261. The van der Waals surface area contributed by atoms with E-state index >= 15 is 0 Å². The molecule has 0 amide bonds. The van der Waals surface area contributed by atoms with E-state index in [0.717, 1.165) is 6.42 Å². The topological polar surface area (TPSA) is 24.7 Å². The van der Waals surface area contributed by atoms with Gasteiger partial charge in [-0.1, -0.05) is 19.9 Å². The molecule has 2 atom stereocenters. The highest BCUT2D eigenvalue weighted by Gasteiger charge is 2.28. The summed E-state index contributed by atoms with van der Waals surface area (Å²) in [7, 11) is 0. The summed E-state index contributed by atoms with van der Waals surface area (Å²) >= 11 is 0. The second-order valence-electron chi connectivity index (χ2n) is 3.72. The van der Waals surface area contributed by atoms with Crippen LogP contribution in [-0.4, -0.2) is 24.0 Å². The maximum absolute atomic E-state index is 4.63. The van der Waals surface area contributed by atoms with Gasteiger partial charge in [-0.2, -0.15) is 0 Å². The summed E-state index contributed by atoms with van der Waals surface area (Å²) < 4.78 is 0. The van der Waals surface area contributed by atoms with E-state index in [4.69, 9.17) is 0 Å². The number of hydrogen-bond donors (Lipinski definition) is 0. The molecule has 0 spiro atoms. The fraction of sp³-hybridized carbons (Fsp3) is 0.600. The zero-order valence-corrected chi connectivity index (χ0v) is 7.57. The van der Waals surface area contributed by atoms with Crippen molar-refractivity contribution in [1.82, 2.24) is 0 Å². The van der Waals surface area contributed by atoms with E-state index in [9.17, 15) is 0 Å². The normalized spacial score (nSPS) is 32.4. The van der Waals surface area contributed by atoms with E-state index in [1.54, 1.807) is 0 Å². The third-order valence-corrected chi connectivity index (χ3v) is 2.47. The van der Waals surface area contributed by atoms with Gasteiger partial charge >= 0.3 is 0 Å². The number of hydrogen-bond acceptors (Lipinski definition) is 2. The maximum Gasteiger partial charge on any atom is 0.0910 e. The predicted molar refractivity (Wildman–Crippen MR) is 52.1 cm³/mol. The molecule has 2 heteroatoms. The van der Waals surface area contributed by atoms with E-state index in [1.807, 2.05) is 12.3 Å². The predicted octanol–water partition coefficient (Wildman–Crippen LogP) is 1.86. The number of fused-ring (bicyclic) bond motifs is 1. The van der Waals surface area contributed by atoms with Crippen LogP contribution in [0.3, 0.4) is 0 Å². The van der Waals surface area contributed by atoms with Gasteiger partial charge in [0.1, 0.15) is 0 Å². The lowest BCUT2D eigenvalue weighted by Crippen LogP contribution is -2.18. The van der Waals surface area contributed by atoms with Gasteiger partial charge in [0.15, 0.2) is 0 Å². The van der Waals surface area contributed by atoms with Crippen molar-refractivity contribution in [2.75, 3.05) is 0 Å². The molecule has 2 unspecified atom stereocenters. The molecule has 0 N–H and O–H groups in total. The van der Waals surface area contributed by atoms with E-state index in [1.165, 1.54) is 5.71 Å². The molecule has 2 aliphatic rings. The first-order valence-corrected chi connectivity index (χ1v) is 4.54. The number of nitrogens with zero attached hydrogens (tertiary/aromatic N) is 2. The van der Waals surface area contributed by atoms with Gasteiger partial charge in [0, 0.05) is 18.3 Å². The Hall–Kier alpha value is -0.920. The van der Waals surface area contributed by atoms with Gasteiger partial charge in [-0.25, -0.2) is 0 Å². The van der Waals surface area contributed by atoms with Crippen LogP contribution in [0.15, 0.2) is 22.1 Å². The number of dihydropyridines is 1. The van der Waals surface area contributed by atoms with Gasteiger partial charge in [-0.15, -0.1) is 0 Å². The summed E-state index contributed by atoms with van der Waals surface area (Å²) in [5.41, 5.74) is 1.33. The Kier molecular flexibility index (Phi) is 1.83. The van der Waals surface area contributed by atoms with E-state index in [-0.39, 0.29) is 0 Å². The first kappa shape index (κ1) is 7.71. The minimum Gasteiger partial charge on any atom is -0.287 e. The molecule has 0 bridgehead atoms. The lowest BCUT2D eigenvalue weighted by molar-refractivity contribution is 0.661. The summed E-state index contributed by atoms with van der Waals surface area (Å²) in [6.45, 7) is 4.40. The minimum absolute atomic E-state index is 0.340. The van der Waals surface area contributed by atoms with Crippen LogP contribution in [0.25, 0.3) is 0 Å². The molecular formula is C10H14N2. The molecular weight excluding hydrogens is 148 g/mol. The zero-order valence-electron chi connectivity index (χ0n) is 7.57. The van der Waals surface area contributed by atoms with Gasteiger partial charge in [0.2, 0.25) is 0 Å². The molecule has 2 heterocycles. The third kappa shape index (κ3) is 1.22. The third-order valence-electron chi connectivity index (χ3n) is 2.47. The minimum atomic E-state index is 0.340. The molecule has 0 aliphatic carbocycles. The van der Waals surface area contributed by atoms with Crippen LogP contribution < -0.4 is 0 Å². The molecule has 2 nitrogen and oxygen atoms in total. The number of aliphatic imine (C=N–C) groups is 2. The van der Waals surface area contributed by atoms with Crippen LogP contribution in [0.5, 0.6) is 0 Å². The van der Waals surface area contributed by atoms with Gasteiger partial charge in [-0.3, -0.25) is 9.98 Å². The highest BCUT2D eigenvalue weighted by atomic mass is 15.0. The van der Waals surface area contributed by atoms with Crippen LogP contribution in [0.1, 0.15) is 20.3 Å². The molecule has 2 rings (SSSR count). The molecule has 64 valence electrons. The summed E-state index contributed by atoms with van der Waals surface area (Å²) in [5.74, 6) is 0.583. The molecule has 0 aromatic heterocycles. The van der Waals surface area contributed by atoms with Crippen LogP contribution >= 0.6 is 0 Å². The average molecular weight is 162 g/mol. The molecule has 0 saturated heterocycles.